The molecule has 0 saturated carbocycles. The first-order chi connectivity index (χ1) is 13.5. The smallest absolute Gasteiger partial charge is 0.257 e. The van der Waals surface area contributed by atoms with E-state index in [1.807, 2.05) is 48.7 Å². The molecule has 1 saturated heterocycles. The molecule has 4 rings (SSSR count). The molecular formula is C22H22FN3OS. The molecule has 0 bridgehead atoms. The van der Waals surface area contributed by atoms with Crippen LogP contribution in [0.15, 0.2) is 42.6 Å². The van der Waals surface area contributed by atoms with Gasteiger partial charge in [0, 0.05) is 41.9 Å². The minimum absolute atomic E-state index is 0.0632. The fraction of sp³-hybridized carbons (Fsp3) is 0.273. The molecule has 1 fully saturated rings. The molecule has 28 heavy (non-hydrogen) atoms. The van der Waals surface area contributed by atoms with E-state index < -0.39 is 0 Å². The second-order valence-corrected chi connectivity index (χ2v) is 8.28. The molecule has 1 N–H and O–H groups in total. The summed E-state index contributed by atoms with van der Waals surface area (Å²) >= 11 is 1.85. The highest BCUT2D eigenvalue weighted by Gasteiger charge is 2.23. The number of amides is 1. The van der Waals surface area contributed by atoms with Crippen molar-refractivity contribution < 1.29 is 9.18 Å². The molecule has 1 aliphatic heterocycles. The van der Waals surface area contributed by atoms with E-state index in [0.717, 1.165) is 28.3 Å². The van der Waals surface area contributed by atoms with E-state index >= 15 is 0 Å². The van der Waals surface area contributed by atoms with Gasteiger partial charge in [0.25, 0.3) is 5.91 Å². The number of pyridine rings is 1. The van der Waals surface area contributed by atoms with Crippen LogP contribution < -0.4 is 5.32 Å². The van der Waals surface area contributed by atoms with Crippen molar-refractivity contribution in [3.05, 3.63) is 65.1 Å². The lowest BCUT2D eigenvalue weighted by Gasteiger charge is -2.27. The number of benzene rings is 2. The van der Waals surface area contributed by atoms with Crippen LogP contribution in [0.4, 0.5) is 15.8 Å². The SMILES string of the molecule is Cc1ccc(C)c(Nc2c(C(=O)N3CCSCC3)cnc3ccc(F)cc23)c1. The highest BCUT2D eigenvalue weighted by molar-refractivity contribution is 7.99. The Morgan fingerprint density at radius 2 is 1.93 bits per heavy atom. The van der Waals surface area contributed by atoms with Gasteiger partial charge in [0.15, 0.2) is 0 Å². The summed E-state index contributed by atoms with van der Waals surface area (Å²) < 4.78 is 14.0. The Kier molecular flexibility index (Phi) is 5.22. The zero-order valence-corrected chi connectivity index (χ0v) is 16.8. The highest BCUT2D eigenvalue weighted by Crippen LogP contribution is 2.32. The molecule has 1 aromatic heterocycles. The van der Waals surface area contributed by atoms with Gasteiger partial charge in [-0.2, -0.15) is 11.8 Å². The molecule has 0 unspecified atom stereocenters. The highest BCUT2D eigenvalue weighted by atomic mass is 32.2. The lowest BCUT2D eigenvalue weighted by Crippen LogP contribution is -2.38. The van der Waals surface area contributed by atoms with Gasteiger partial charge >= 0.3 is 0 Å². The van der Waals surface area contributed by atoms with E-state index in [1.165, 1.54) is 12.1 Å². The predicted molar refractivity (Wildman–Crippen MR) is 114 cm³/mol. The monoisotopic (exact) mass is 395 g/mol. The molecular weight excluding hydrogens is 373 g/mol. The van der Waals surface area contributed by atoms with Crippen molar-refractivity contribution in [3.63, 3.8) is 0 Å². The summed E-state index contributed by atoms with van der Waals surface area (Å²) in [5, 5.41) is 4.02. The van der Waals surface area contributed by atoms with Crippen molar-refractivity contribution >= 4 is 39.9 Å². The third-order valence-electron chi connectivity index (χ3n) is 5.01. The number of carbonyl (C=O) groups is 1. The van der Waals surface area contributed by atoms with Crippen LogP contribution in [0.25, 0.3) is 10.9 Å². The second kappa shape index (κ2) is 7.80. The number of nitrogens with one attached hydrogen (secondary N) is 1. The lowest BCUT2D eigenvalue weighted by atomic mass is 10.1. The number of thioether (sulfide) groups is 1. The van der Waals surface area contributed by atoms with Gasteiger partial charge in [-0.3, -0.25) is 9.78 Å². The van der Waals surface area contributed by atoms with Crippen LogP contribution in [-0.2, 0) is 0 Å². The molecule has 4 nitrogen and oxygen atoms in total. The standard InChI is InChI=1S/C22H22FN3OS/c1-14-3-4-15(2)20(11-14)25-21-17-12-16(23)5-6-19(17)24-13-18(21)22(27)26-7-9-28-10-8-26/h3-6,11-13H,7-10H2,1-2H3,(H,24,25). The topological polar surface area (TPSA) is 45.2 Å². The number of fused-ring (bicyclic) bond motifs is 1. The van der Waals surface area contributed by atoms with Gasteiger partial charge in [-0.05, 0) is 49.2 Å². The molecule has 0 radical (unpaired) electrons. The summed E-state index contributed by atoms with van der Waals surface area (Å²) in [4.78, 5) is 19.5. The van der Waals surface area contributed by atoms with E-state index in [9.17, 15) is 9.18 Å². The number of carbonyl (C=O) groups excluding carboxylic acids is 1. The zero-order valence-electron chi connectivity index (χ0n) is 16.0. The van der Waals surface area contributed by atoms with E-state index in [1.54, 1.807) is 12.3 Å². The van der Waals surface area contributed by atoms with Crippen LogP contribution in [0.1, 0.15) is 21.5 Å². The van der Waals surface area contributed by atoms with Crippen LogP contribution in [0.5, 0.6) is 0 Å². The van der Waals surface area contributed by atoms with E-state index in [0.29, 0.717) is 35.2 Å². The molecule has 144 valence electrons. The number of nitrogens with zero attached hydrogens (tertiary/aromatic N) is 2. The van der Waals surface area contributed by atoms with Crippen molar-refractivity contribution in [2.75, 3.05) is 29.9 Å². The van der Waals surface area contributed by atoms with Crippen LogP contribution in [0, 0.1) is 19.7 Å². The Balaban J connectivity index is 1.85. The predicted octanol–water partition coefficient (Wildman–Crippen LogP) is 4.92. The van der Waals surface area contributed by atoms with Gasteiger partial charge in [-0.15, -0.1) is 0 Å². The summed E-state index contributed by atoms with van der Waals surface area (Å²) in [5.41, 5.74) is 4.81. The van der Waals surface area contributed by atoms with Crippen molar-refractivity contribution in [1.29, 1.82) is 0 Å². The van der Waals surface area contributed by atoms with E-state index in [4.69, 9.17) is 0 Å². The van der Waals surface area contributed by atoms with Crippen LogP contribution in [0.3, 0.4) is 0 Å². The van der Waals surface area contributed by atoms with Crippen molar-refractivity contribution in [3.8, 4) is 0 Å². The van der Waals surface area contributed by atoms with Gasteiger partial charge in [0.2, 0.25) is 0 Å². The molecule has 3 aromatic rings. The average Bonchev–Trinajstić information content (AvgIpc) is 2.71. The maximum atomic E-state index is 14.0. The van der Waals surface area contributed by atoms with E-state index in [2.05, 4.69) is 10.3 Å². The summed E-state index contributed by atoms with van der Waals surface area (Å²) in [6.07, 6.45) is 1.61. The van der Waals surface area contributed by atoms with Crippen LogP contribution >= 0.6 is 11.8 Å². The minimum Gasteiger partial charge on any atom is -0.354 e. The largest absolute Gasteiger partial charge is 0.354 e. The maximum absolute atomic E-state index is 14.0. The fourth-order valence-corrected chi connectivity index (χ4v) is 4.31. The Bertz CT molecular complexity index is 1050. The summed E-state index contributed by atoms with van der Waals surface area (Å²) in [7, 11) is 0. The average molecular weight is 396 g/mol. The summed E-state index contributed by atoms with van der Waals surface area (Å²) in [6, 6.07) is 10.6. The fourth-order valence-electron chi connectivity index (χ4n) is 3.40. The van der Waals surface area contributed by atoms with Crippen LogP contribution in [-0.4, -0.2) is 40.4 Å². The number of aryl methyl sites for hydroxylation is 2. The molecule has 1 amide bonds. The zero-order chi connectivity index (χ0) is 19.7. The van der Waals surface area contributed by atoms with Gasteiger partial charge in [-0.25, -0.2) is 4.39 Å². The Hall–Kier alpha value is -2.60. The van der Waals surface area contributed by atoms with Gasteiger partial charge in [-0.1, -0.05) is 12.1 Å². The Morgan fingerprint density at radius 3 is 2.71 bits per heavy atom. The molecule has 0 spiro atoms. The molecule has 1 aliphatic rings. The Morgan fingerprint density at radius 1 is 1.14 bits per heavy atom. The third-order valence-corrected chi connectivity index (χ3v) is 5.95. The summed E-state index contributed by atoms with van der Waals surface area (Å²) in [5.74, 6) is 1.45. The number of hydrogen-bond acceptors (Lipinski definition) is 4. The van der Waals surface area contributed by atoms with Crippen molar-refractivity contribution in [2.24, 2.45) is 0 Å². The van der Waals surface area contributed by atoms with Gasteiger partial charge in [0.1, 0.15) is 5.82 Å². The lowest BCUT2D eigenvalue weighted by molar-refractivity contribution is 0.0773. The third kappa shape index (κ3) is 3.69. The quantitative estimate of drug-likeness (QED) is 0.683. The van der Waals surface area contributed by atoms with Gasteiger partial charge in [0.05, 0.1) is 16.8 Å². The number of anilines is 2. The molecule has 0 atom stereocenters. The summed E-state index contributed by atoms with van der Waals surface area (Å²) in [6.45, 7) is 5.46. The first-order valence-corrected chi connectivity index (χ1v) is 10.5. The number of hydrogen-bond donors (Lipinski definition) is 1. The van der Waals surface area contributed by atoms with Crippen molar-refractivity contribution in [2.45, 2.75) is 13.8 Å². The van der Waals surface area contributed by atoms with E-state index in [-0.39, 0.29) is 11.7 Å². The minimum atomic E-state index is -0.350. The van der Waals surface area contributed by atoms with Gasteiger partial charge < -0.3 is 10.2 Å². The molecule has 2 aromatic carbocycles. The first kappa shape index (κ1) is 18.7. The first-order valence-electron chi connectivity index (χ1n) is 9.32. The number of aromatic nitrogens is 1. The molecule has 6 heteroatoms. The number of halogens is 1. The normalized spacial score (nSPS) is 14.3. The molecule has 2 heterocycles. The Labute approximate surface area is 168 Å². The second-order valence-electron chi connectivity index (χ2n) is 7.06. The maximum Gasteiger partial charge on any atom is 0.257 e. The molecule has 0 aliphatic carbocycles. The van der Waals surface area contributed by atoms with Crippen LogP contribution in [0.2, 0.25) is 0 Å². The van der Waals surface area contributed by atoms with Crippen molar-refractivity contribution in [1.82, 2.24) is 9.88 Å². The number of rotatable bonds is 3.